The van der Waals surface area contributed by atoms with E-state index in [1.165, 1.54) is 48.9 Å². The van der Waals surface area contributed by atoms with Crippen LogP contribution in [0.15, 0.2) is 41.3 Å². The first-order valence-electron chi connectivity index (χ1n) is 7.90. The topological polar surface area (TPSA) is 99.0 Å². The molecule has 0 saturated carbocycles. The fourth-order valence-electron chi connectivity index (χ4n) is 3.00. The number of nitrogens with zero attached hydrogens (tertiary/aromatic N) is 2. The zero-order valence-corrected chi connectivity index (χ0v) is 15.2. The number of non-ortho nitro benzene ring substituents is 1. The SMILES string of the molecule is COc1ccc(S(=O)(=O)N2CCCc3ccc([N+](=O)[O-])cc32)c(OC)c1. The standard InChI is InChI=1S/C17H18N2O6S/c1-24-14-7-8-17(16(11-14)25-2)26(22,23)18-9-3-4-12-5-6-13(19(20)21)10-15(12)18/h5-8,10-11H,3-4,9H2,1-2H3. The molecular formula is C17H18N2O6S. The van der Waals surface area contributed by atoms with E-state index >= 15 is 0 Å². The second-order valence-corrected chi connectivity index (χ2v) is 7.60. The van der Waals surface area contributed by atoms with Gasteiger partial charge in [-0.15, -0.1) is 0 Å². The van der Waals surface area contributed by atoms with Crippen LogP contribution in [-0.4, -0.2) is 34.1 Å². The summed E-state index contributed by atoms with van der Waals surface area (Å²) in [5, 5.41) is 11.1. The van der Waals surface area contributed by atoms with Crippen molar-refractivity contribution in [3.05, 3.63) is 52.1 Å². The largest absolute Gasteiger partial charge is 0.497 e. The molecule has 0 spiro atoms. The number of aryl methyl sites for hydroxylation is 1. The smallest absolute Gasteiger partial charge is 0.271 e. The summed E-state index contributed by atoms with van der Waals surface area (Å²) in [5.74, 6) is 0.623. The summed E-state index contributed by atoms with van der Waals surface area (Å²) < 4.78 is 38.0. The zero-order valence-electron chi connectivity index (χ0n) is 14.3. The minimum atomic E-state index is -3.96. The minimum absolute atomic E-state index is 0.0137. The quantitative estimate of drug-likeness (QED) is 0.586. The molecule has 1 aliphatic heterocycles. The highest BCUT2D eigenvalue weighted by Crippen LogP contribution is 2.37. The molecule has 0 N–H and O–H groups in total. The lowest BCUT2D eigenvalue weighted by Crippen LogP contribution is -2.35. The first-order valence-corrected chi connectivity index (χ1v) is 9.34. The Kier molecular flexibility index (Phi) is 4.73. The number of sulfonamides is 1. The van der Waals surface area contributed by atoms with E-state index in [4.69, 9.17) is 9.47 Å². The average Bonchev–Trinajstić information content (AvgIpc) is 2.66. The monoisotopic (exact) mass is 378 g/mol. The lowest BCUT2D eigenvalue weighted by Gasteiger charge is -2.30. The van der Waals surface area contributed by atoms with Crippen LogP contribution in [0.1, 0.15) is 12.0 Å². The molecule has 3 rings (SSSR count). The Morgan fingerprint density at radius 3 is 2.54 bits per heavy atom. The highest BCUT2D eigenvalue weighted by Gasteiger charge is 2.32. The molecule has 1 heterocycles. The van der Waals surface area contributed by atoms with E-state index in [0.717, 1.165) is 5.56 Å². The number of hydrogen-bond donors (Lipinski definition) is 0. The van der Waals surface area contributed by atoms with E-state index in [0.29, 0.717) is 24.3 Å². The number of ether oxygens (including phenoxy) is 2. The van der Waals surface area contributed by atoms with Gasteiger partial charge >= 0.3 is 0 Å². The van der Waals surface area contributed by atoms with Crippen molar-refractivity contribution in [1.82, 2.24) is 0 Å². The van der Waals surface area contributed by atoms with Gasteiger partial charge in [0.2, 0.25) is 0 Å². The molecule has 0 aliphatic carbocycles. The van der Waals surface area contributed by atoms with Gasteiger partial charge < -0.3 is 9.47 Å². The van der Waals surface area contributed by atoms with Gasteiger partial charge in [0.15, 0.2) is 0 Å². The molecule has 0 unspecified atom stereocenters. The van der Waals surface area contributed by atoms with Crippen LogP contribution in [0.3, 0.4) is 0 Å². The molecule has 0 amide bonds. The molecule has 0 bridgehead atoms. The first kappa shape index (κ1) is 18.0. The maximum absolute atomic E-state index is 13.2. The van der Waals surface area contributed by atoms with Crippen LogP contribution in [0.5, 0.6) is 11.5 Å². The number of fused-ring (bicyclic) bond motifs is 1. The second-order valence-electron chi connectivity index (χ2n) is 5.77. The van der Waals surface area contributed by atoms with Crippen LogP contribution in [0.25, 0.3) is 0 Å². The maximum atomic E-state index is 13.2. The van der Waals surface area contributed by atoms with Crippen molar-refractivity contribution in [2.24, 2.45) is 0 Å². The van der Waals surface area contributed by atoms with Gasteiger partial charge in [-0.2, -0.15) is 0 Å². The Balaban J connectivity index is 2.13. The molecule has 0 atom stereocenters. The highest BCUT2D eigenvalue weighted by atomic mass is 32.2. The molecular weight excluding hydrogens is 360 g/mol. The van der Waals surface area contributed by atoms with Gasteiger partial charge in [-0.05, 0) is 30.5 Å². The van der Waals surface area contributed by atoms with E-state index in [-0.39, 0.29) is 22.9 Å². The van der Waals surface area contributed by atoms with Gasteiger partial charge in [0, 0.05) is 24.7 Å². The average molecular weight is 378 g/mol. The Bertz CT molecular complexity index is 958. The number of anilines is 1. The van der Waals surface area contributed by atoms with Crippen molar-refractivity contribution >= 4 is 21.4 Å². The number of hydrogen-bond acceptors (Lipinski definition) is 6. The van der Waals surface area contributed by atoms with Crippen molar-refractivity contribution in [2.75, 3.05) is 25.1 Å². The van der Waals surface area contributed by atoms with Gasteiger partial charge in [0.05, 0.1) is 24.8 Å². The number of benzene rings is 2. The van der Waals surface area contributed by atoms with Gasteiger partial charge in [0.25, 0.3) is 15.7 Å². The van der Waals surface area contributed by atoms with Crippen molar-refractivity contribution < 1.29 is 22.8 Å². The van der Waals surface area contributed by atoms with Crippen LogP contribution >= 0.6 is 0 Å². The fourth-order valence-corrected chi connectivity index (χ4v) is 4.67. The Morgan fingerprint density at radius 2 is 1.88 bits per heavy atom. The first-order chi connectivity index (χ1) is 12.4. The molecule has 9 heteroatoms. The van der Waals surface area contributed by atoms with Crippen LogP contribution in [0, 0.1) is 10.1 Å². The maximum Gasteiger partial charge on any atom is 0.271 e. The molecule has 0 aromatic heterocycles. The summed E-state index contributed by atoms with van der Waals surface area (Å²) in [5.41, 5.74) is 0.953. The van der Waals surface area contributed by atoms with Crippen LogP contribution in [-0.2, 0) is 16.4 Å². The van der Waals surface area contributed by atoms with E-state index in [1.807, 2.05) is 0 Å². The summed E-state index contributed by atoms with van der Waals surface area (Å²) in [7, 11) is -1.10. The summed E-state index contributed by atoms with van der Waals surface area (Å²) in [6, 6.07) is 8.75. The number of rotatable bonds is 5. The second kappa shape index (κ2) is 6.83. The van der Waals surface area contributed by atoms with Gasteiger partial charge in [0.1, 0.15) is 16.4 Å². The Morgan fingerprint density at radius 1 is 1.12 bits per heavy atom. The van der Waals surface area contributed by atoms with Gasteiger partial charge in [-0.25, -0.2) is 8.42 Å². The van der Waals surface area contributed by atoms with Crippen molar-refractivity contribution in [2.45, 2.75) is 17.7 Å². The molecule has 2 aromatic rings. The van der Waals surface area contributed by atoms with Crippen LogP contribution in [0.2, 0.25) is 0 Å². The van der Waals surface area contributed by atoms with E-state index in [1.54, 1.807) is 6.07 Å². The predicted molar refractivity (Wildman–Crippen MR) is 95.5 cm³/mol. The van der Waals surface area contributed by atoms with Gasteiger partial charge in [-0.3, -0.25) is 14.4 Å². The fraction of sp³-hybridized carbons (Fsp3) is 0.294. The van der Waals surface area contributed by atoms with Crippen LogP contribution < -0.4 is 13.8 Å². The van der Waals surface area contributed by atoms with Crippen LogP contribution in [0.4, 0.5) is 11.4 Å². The van der Waals surface area contributed by atoms with Crippen molar-refractivity contribution in [3.63, 3.8) is 0 Å². The minimum Gasteiger partial charge on any atom is -0.497 e. The molecule has 138 valence electrons. The molecule has 2 aromatic carbocycles. The Hall–Kier alpha value is -2.81. The third-order valence-electron chi connectivity index (χ3n) is 4.29. The van der Waals surface area contributed by atoms with E-state index in [9.17, 15) is 18.5 Å². The number of nitro benzene ring substituents is 1. The molecule has 0 radical (unpaired) electrons. The van der Waals surface area contributed by atoms with E-state index in [2.05, 4.69) is 0 Å². The Labute approximate surface area is 151 Å². The lowest BCUT2D eigenvalue weighted by molar-refractivity contribution is -0.384. The molecule has 8 nitrogen and oxygen atoms in total. The van der Waals surface area contributed by atoms with Crippen molar-refractivity contribution in [1.29, 1.82) is 0 Å². The summed E-state index contributed by atoms with van der Waals surface area (Å²) in [4.78, 5) is 10.5. The molecule has 0 fully saturated rings. The third kappa shape index (κ3) is 3.05. The summed E-state index contributed by atoms with van der Waals surface area (Å²) >= 11 is 0. The van der Waals surface area contributed by atoms with Crippen molar-refractivity contribution in [3.8, 4) is 11.5 Å². The molecule has 26 heavy (non-hydrogen) atoms. The zero-order chi connectivity index (χ0) is 18.9. The van der Waals surface area contributed by atoms with E-state index < -0.39 is 14.9 Å². The van der Waals surface area contributed by atoms with Gasteiger partial charge in [-0.1, -0.05) is 6.07 Å². The normalized spacial score (nSPS) is 13.8. The molecule has 1 aliphatic rings. The lowest BCUT2D eigenvalue weighted by atomic mass is 10.0. The number of methoxy groups -OCH3 is 2. The number of nitro groups is 1. The predicted octanol–water partition coefficient (Wildman–Crippen LogP) is 2.75. The summed E-state index contributed by atoms with van der Waals surface area (Å²) in [6.07, 6.45) is 1.29. The molecule has 0 saturated heterocycles. The third-order valence-corrected chi connectivity index (χ3v) is 6.15. The summed E-state index contributed by atoms with van der Waals surface area (Å²) in [6.45, 7) is 0.242. The highest BCUT2D eigenvalue weighted by molar-refractivity contribution is 7.93.